The van der Waals surface area contributed by atoms with Crippen LogP contribution in [-0.2, 0) is 0 Å². The van der Waals surface area contributed by atoms with E-state index in [0.29, 0.717) is 0 Å². The number of nitrogens with zero attached hydrogens (tertiary/aromatic N) is 2. The van der Waals surface area contributed by atoms with Gasteiger partial charge in [0.1, 0.15) is 0 Å². The van der Waals surface area contributed by atoms with Crippen molar-refractivity contribution in [2.24, 2.45) is 15.9 Å². The lowest BCUT2D eigenvalue weighted by molar-refractivity contribution is 0.379. The molecule has 0 fully saturated rings. The first-order chi connectivity index (χ1) is 12.9. The lowest BCUT2D eigenvalue weighted by atomic mass is 9.90. The van der Waals surface area contributed by atoms with Crippen molar-refractivity contribution >= 4 is 12.4 Å². The molecule has 0 aliphatic carbocycles. The highest BCUT2D eigenvalue weighted by atomic mass is 15.0. The summed E-state index contributed by atoms with van der Waals surface area (Å²) in [5, 5.41) is 0. The zero-order valence-electron chi connectivity index (χ0n) is 17.9. The average Bonchev–Trinajstić information content (AvgIpc) is 3.17. The van der Waals surface area contributed by atoms with Crippen LogP contribution in [-0.4, -0.2) is 12.4 Å². The van der Waals surface area contributed by atoms with Crippen molar-refractivity contribution < 1.29 is 0 Å². The van der Waals surface area contributed by atoms with Gasteiger partial charge < -0.3 is 0 Å². The van der Waals surface area contributed by atoms with Crippen LogP contribution in [0, 0.1) is 12.1 Å². The Balaban J connectivity index is 1.93. The van der Waals surface area contributed by atoms with Gasteiger partial charge in [0.15, 0.2) is 12.4 Å². The second kappa shape index (κ2) is 17.6. The van der Waals surface area contributed by atoms with E-state index in [0.717, 1.165) is 18.5 Å². The Bertz CT molecular complexity index is 336. The van der Waals surface area contributed by atoms with E-state index in [4.69, 9.17) is 0 Å². The first kappa shape index (κ1) is 23.2. The molecule has 2 heteroatoms. The first-order valence-corrected chi connectivity index (χ1v) is 11.8. The van der Waals surface area contributed by atoms with Gasteiger partial charge in [-0.15, -0.1) is 0 Å². The molecule has 0 saturated heterocycles. The highest BCUT2D eigenvalue weighted by Gasteiger charge is 2.18. The third-order valence-electron chi connectivity index (χ3n) is 5.72. The monoisotopic (exact) mass is 361 g/mol. The van der Waals surface area contributed by atoms with Gasteiger partial charge in [-0.3, -0.25) is 0 Å². The van der Waals surface area contributed by atoms with Gasteiger partial charge in [-0.25, -0.2) is 0 Å². The SMILES string of the molecule is CCCCCCCCCCCCCCC(CCCC)CC[C+]1N=CC=N1. The van der Waals surface area contributed by atoms with E-state index >= 15 is 0 Å². The van der Waals surface area contributed by atoms with E-state index in [1.165, 1.54) is 109 Å². The van der Waals surface area contributed by atoms with Crippen molar-refractivity contribution in [3.63, 3.8) is 0 Å². The Labute approximate surface area is 164 Å². The summed E-state index contributed by atoms with van der Waals surface area (Å²) in [4.78, 5) is 8.65. The minimum absolute atomic E-state index is 0.886. The molecule has 1 rings (SSSR count). The molecule has 0 N–H and O–H groups in total. The van der Waals surface area contributed by atoms with Crippen molar-refractivity contribution in [1.82, 2.24) is 0 Å². The maximum atomic E-state index is 4.32. The van der Waals surface area contributed by atoms with Crippen LogP contribution in [0.3, 0.4) is 0 Å². The fraction of sp³-hybridized carbons (Fsp3) is 0.875. The fourth-order valence-electron chi connectivity index (χ4n) is 3.93. The fourth-order valence-corrected chi connectivity index (χ4v) is 3.93. The van der Waals surface area contributed by atoms with Crippen molar-refractivity contribution in [2.75, 3.05) is 0 Å². The van der Waals surface area contributed by atoms with Gasteiger partial charge in [-0.1, -0.05) is 127 Å². The number of hydrogen-bond acceptors (Lipinski definition) is 2. The van der Waals surface area contributed by atoms with Crippen LogP contribution in [0.2, 0.25) is 0 Å². The second-order valence-electron chi connectivity index (χ2n) is 8.20. The molecule has 1 aliphatic rings. The summed E-state index contributed by atoms with van der Waals surface area (Å²) < 4.78 is 0. The van der Waals surface area contributed by atoms with E-state index in [1.54, 1.807) is 0 Å². The molecule has 1 aliphatic heterocycles. The summed E-state index contributed by atoms with van der Waals surface area (Å²) in [6.45, 7) is 4.60. The number of unbranched alkanes of at least 4 members (excludes halogenated alkanes) is 12. The predicted molar refractivity (Wildman–Crippen MR) is 118 cm³/mol. The molecule has 2 nitrogen and oxygen atoms in total. The van der Waals surface area contributed by atoms with Crippen molar-refractivity contribution in [1.29, 1.82) is 0 Å². The minimum Gasteiger partial charge on any atom is -0.0968 e. The molecule has 150 valence electrons. The number of aliphatic imine (C=N–C) groups is 2. The summed E-state index contributed by atoms with van der Waals surface area (Å²) in [6, 6.07) is 0. The van der Waals surface area contributed by atoms with Crippen LogP contribution in [0.25, 0.3) is 0 Å². The average molecular weight is 362 g/mol. The van der Waals surface area contributed by atoms with E-state index in [1.807, 2.05) is 12.4 Å². The van der Waals surface area contributed by atoms with E-state index in [9.17, 15) is 0 Å². The number of rotatable bonds is 19. The Morgan fingerprint density at radius 3 is 1.58 bits per heavy atom. The summed E-state index contributed by atoms with van der Waals surface area (Å²) in [6.07, 6.45) is 29.9. The van der Waals surface area contributed by atoms with Gasteiger partial charge in [-0.05, 0) is 12.3 Å². The molecule has 1 atom stereocenters. The van der Waals surface area contributed by atoms with Gasteiger partial charge in [0.25, 0.3) is 0 Å². The normalized spacial score (nSPS) is 14.5. The Kier molecular flexibility index (Phi) is 15.8. The third-order valence-corrected chi connectivity index (χ3v) is 5.72. The highest BCUT2D eigenvalue weighted by molar-refractivity contribution is 6.18. The molecule has 1 unspecified atom stereocenters. The van der Waals surface area contributed by atoms with Crippen LogP contribution in [0.4, 0.5) is 0 Å². The maximum absolute atomic E-state index is 4.32. The first-order valence-electron chi connectivity index (χ1n) is 11.8. The molecular weight excluding hydrogens is 316 g/mol. The van der Waals surface area contributed by atoms with Crippen LogP contribution in [0.5, 0.6) is 0 Å². The smallest absolute Gasteiger partial charge is 0.0968 e. The van der Waals surface area contributed by atoms with Crippen LogP contribution >= 0.6 is 0 Å². The highest BCUT2D eigenvalue weighted by Crippen LogP contribution is 2.26. The quantitative estimate of drug-likeness (QED) is 0.163. The summed E-state index contributed by atoms with van der Waals surface area (Å²) in [5.74, 6) is 0.886. The molecule has 0 bridgehead atoms. The molecular formula is C24H45N2+. The Hall–Kier alpha value is -0.790. The minimum atomic E-state index is 0.886. The maximum Gasteiger partial charge on any atom is 0.240 e. The molecule has 0 spiro atoms. The van der Waals surface area contributed by atoms with Crippen LogP contribution in [0.1, 0.15) is 129 Å². The zero-order valence-corrected chi connectivity index (χ0v) is 17.9. The largest absolute Gasteiger partial charge is 0.240 e. The van der Waals surface area contributed by atoms with E-state index in [-0.39, 0.29) is 0 Å². The summed E-state index contributed by atoms with van der Waals surface area (Å²) >= 11 is 0. The lowest BCUT2D eigenvalue weighted by Crippen LogP contribution is -2.03. The van der Waals surface area contributed by atoms with E-state index < -0.39 is 0 Å². The Morgan fingerprint density at radius 2 is 1.04 bits per heavy atom. The zero-order chi connectivity index (χ0) is 18.7. The van der Waals surface area contributed by atoms with Gasteiger partial charge in [-0.2, -0.15) is 0 Å². The van der Waals surface area contributed by atoms with Crippen molar-refractivity contribution in [3.8, 4) is 0 Å². The lowest BCUT2D eigenvalue weighted by Gasteiger charge is -2.15. The molecule has 0 amide bonds. The van der Waals surface area contributed by atoms with Gasteiger partial charge in [0, 0.05) is 0 Å². The Morgan fingerprint density at radius 1 is 0.577 bits per heavy atom. The molecule has 0 saturated carbocycles. The topological polar surface area (TPSA) is 24.7 Å². The van der Waals surface area contributed by atoms with Gasteiger partial charge in [0.05, 0.1) is 6.42 Å². The molecule has 1 heterocycles. The van der Waals surface area contributed by atoms with E-state index in [2.05, 4.69) is 23.8 Å². The third kappa shape index (κ3) is 13.4. The second-order valence-corrected chi connectivity index (χ2v) is 8.20. The standard InChI is InChI=1S/C24H45N2/c1-3-5-7-8-9-10-11-12-13-14-15-16-18-23(17-6-4-2)19-20-24-25-21-22-26-24/h21-23H,3-20H2,1-2H3/q+1. The van der Waals surface area contributed by atoms with Crippen molar-refractivity contribution in [2.45, 2.75) is 129 Å². The summed E-state index contributed by atoms with van der Waals surface area (Å²) in [7, 11) is 0. The van der Waals surface area contributed by atoms with Crippen LogP contribution in [0.15, 0.2) is 9.98 Å². The molecule has 26 heavy (non-hydrogen) atoms. The predicted octanol–water partition coefficient (Wildman–Crippen LogP) is 8.31. The summed E-state index contributed by atoms with van der Waals surface area (Å²) in [5.41, 5.74) is 0. The van der Waals surface area contributed by atoms with Gasteiger partial charge >= 0.3 is 0 Å². The van der Waals surface area contributed by atoms with Crippen LogP contribution < -0.4 is 0 Å². The molecule has 0 aromatic rings. The number of hydrogen-bond donors (Lipinski definition) is 0. The molecule has 0 aromatic carbocycles. The van der Waals surface area contributed by atoms with Crippen molar-refractivity contribution in [3.05, 3.63) is 6.17 Å². The molecule has 0 radical (unpaired) electrons. The van der Waals surface area contributed by atoms with Gasteiger partial charge in [0.2, 0.25) is 6.17 Å². The molecule has 0 aromatic heterocycles.